The van der Waals surface area contributed by atoms with Crippen LogP contribution in [0.5, 0.6) is 0 Å². The van der Waals surface area contributed by atoms with Gasteiger partial charge in [0.1, 0.15) is 10.8 Å². The number of hydrogen-bond donors (Lipinski definition) is 2. The number of sulfone groups is 1. The van der Waals surface area contributed by atoms with Gasteiger partial charge < -0.3 is 11.1 Å². The zero-order chi connectivity index (χ0) is 14.0. The second-order valence-electron chi connectivity index (χ2n) is 4.71. The number of benzene rings is 1. The van der Waals surface area contributed by atoms with E-state index in [2.05, 4.69) is 5.32 Å². The van der Waals surface area contributed by atoms with E-state index in [0.29, 0.717) is 18.7 Å². The topological polar surface area (TPSA) is 72.2 Å². The Balaban J connectivity index is 1.97. The van der Waals surface area contributed by atoms with E-state index >= 15 is 0 Å². The van der Waals surface area contributed by atoms with E-state index < -0.39 is 15.7 Å². The Morgan fingerprint density at radius 1 is 1.53 bits per heavy atom. The molecule has 19 heavy (non-hydrogen) atoms. The van der Waals surface area contributed by atoms with Crippen molar-refractivity contribution >= 4 is 32.7 Å². The molecule has 1 aromatic rings. The van der Waals surface area contributed by atoms with E-state index in [1.165, 1.54) is 12.1 Å². The van der Waals surface area contributed by atoms with Crippen molar-refractivity contribution in [3.63, 3.8) is 0 Å². The normalized spacial score (nSPS) is 21.2. The highest BCUT2D eigenvalue weighted by Crippen LogP contribution is 2.20. The molecule has 1 atom stereocenters. The summed E-state index contributed by atoms with van der Waals surface area (Å²) < 4.78 is 36.2. The van der Waals surface area contributed by atoms with Gasteiger partial charge in [0.15, 0.2) is 9.84 Å². The number of hydrogen-bond acceptors (Lipinski definition) is 4. The van der Waals surface area contributed by atoms with Crippen molar-refractivity contribution in [2.24, 2.45) is 11.7 Å². The largest absolute Gasteiger partial charge is 0.389 e. The Morgan fingerprint density at radius 3 is 2.79 bits per heavy atom. The first-order chi connectivity index (χ1) is 8.87. The number of rotatable bonds is 4. The smallest absolute Gasteiger partial charge is 0.150 e. The third-order valence-electron chi connectivity index (χ3n) is 3.16. The van der Waals surface area contributed by atoms with Crippen LogP contribution in [-0.4, -0.2) is 31.5 Å². The van der Waals surface area contributed by atoms with Gasteiger partial charge in [-0.3, -0.25) is 0 Å². The minimum absolute atomic E-state index is 0.0194. The van der Waals surface area contributed by atoms with Crippen LogP contribution in [0.3, 0.4) is 0 Å². The Labute approximate surface area is 117 Å². The van der Waals surface area contributed by atoms with Crippen molar-refractivity contribution in [1.82, 2.24) is 0 Å². The van der Waals surface area contributed by atoms with E-state index in [1.807, 2.05) is 0 Å². The first-order valence-electron chi connectivity index (χ1n) is 5.91. The first kappa shape index (κ1) is 14.2. The van der Waals surface area contributed by atoms with Gasteiger partial charge >= 0.3 is 0 Å². The molecule has 1 aliphatic rings. The highest BCUT2D eigenvalue weighted by molar-refractivity contribution is 7.91. The van der Waals surface area contributed by atoms with Crippen LogP contribution in [0.25, 0.3) is 0 Å². The standard InChI is InChI=1S/C12H15FN2O2S2/c13-11-5-9(1-2-10(11)12(14)18)15-6-8-3-4-19(16,17)7-8/h1-2,5,8,15H,3-4,6-7H2,(H2,14,18). The summed E-state index contributed by atoms with van der Waals surface area (Å²) in [6.45, 7) is 0.519. The summed E-state index contributed by atoms with van der Waals surface area (Å²) >= 11 is 4.72. The fourth-order valence-electron chi connectivity index (χ4n) is 2.12. The third kappa shape index (κ3) is 3.63. The molecule has 0 spiro atoms. The zero-order valence-corrected chi connectivity index (χ0v) is 11.9. The molecule has 1 aliphatic heterocycles. The molecule has 0 saturated carbocycles. The summed E-state index contributed by atoms with van der Waals surface area (Å²) in [4.78, 5) is 0.0194. The molecule has 104 valence electrons. The van der Waals surface area contributed by atoms with Crippen LogP contribution in [0, 0.1) is 11.7 Å². The molecule has 1 unspecified atom stereocenters. The van der Waals surface area contributed by atoms with Gasteiger partial charge in [-0.25, -0.2) is 12.8 Å². The Bertz CT molecular complexity index is 602. The lowest BCUT2D eigenvalue weighted by atomic mass is 10.1. The van der Waals surface area contributed by atoms with E-state index in [0.717, 1.165) is 0 Å². The second-order valence-corrected chi connectivity index (χ2v) is 7.38. The lowest BCUT2D eigenvalue weighted by Gasteiger charge is -2.11. The molecule has 0 amide bonds. The summed E-state index contributed by atoms with van der Waals surface area (Å²) in [6.07, 6.45) is 0.656. The SMILES string of the molecule is NC(=S)c1ccc(NCC2CCS(=O)(=O)C2)cc1F. The quantitative estimate of drug-likeness (QED) is 0.821. The lowest BCUT2D eigenvalue weighted by molar-refractivity contribution is 0.595. The van der Waals surface area contributed by atoms with Gasteiger partial charge in [-0.1, -0.05) is 12.2 Å². The Morgan fingerprint density at radius 2 is 2.26 bits per heavy atom. The third-order valence-corrected chi connectivity index (χ3v) is 5.21. The van der Waals surface area contributed by atoms with E-state index in [9.17, 15) is 12.8 Å². The summed E-state index contributed by atoms with van der Waals surface area (Å²) in [7, 11) is -2.87. The van der Waals surface area contributed by atoms with Crippen LogP contribution in [0.1, 0.15) is 12.0 Å². The molecule has 1 heterocycles. The van der Waals surface area contributed by atoms with Crippen LogP contribution in [0.4, 0.5) is 10.1 Å². The maximum absolute atomic E-state index is 13.6. The van der Waals surface area contributed by atoms with Gasteiger partial charge in [0.2, 0.25) is 0 Å². The van der Waals surface area contributed by atoms with Crippen molar-refractivity contribution < 1.29 is 12.8 Å². The highest BCUT2D eigenvalue weighted by Gasteiger charge is 2.27. The second kappa shape index (κ2) is 5.42. The minimum atomic E-state index is -2.87. The minimum Gasteiger partial charge on any atom is -0.389 e. The van der Waals surface area contributed by atoms with E-state index in [1.54, 1.807) is 6.07 Å². The lowest BCUT2D eigenvalue weighted by Crippen LogP contribution is -2.16. The molecule has 1 fully saturated rings. The first-order valence-corrected chi connectivity index (χ1v) is 8.14. The summed E-state index contributed by atoms with van der Waals surface area (Å²) in [6, 6.07) is 4.52. The van der Waals surface area contributed by atoms with E-state index in [-0.39, 0.29) is 28.0 Å². The fraction of sp³-hybridized carbons (Fsp3) is 0.417. The van der Waals surface area contributed by atoms with Crippen LogP contribution in [0.15, 0.2) is 18.2 Å². The van der Waals surface area contributed by atoms with Crippen molar-refractivity contribution in [1.29, 1.82) is 0 Å². The fourth-order valence-corrected chi connectivity index (χ4v) is 4.15. The molecule has 2 rings (SSSR count). The Kier molecular flexibility index (Phi) is 4.05. The van der Waals surface area contributed by atoms with Crippen LogP contribution in [0.2, 0.25) is 0 Å². The number of halogens is 1. The predicted molar refractivity (Wildman–Crippen MR) is 77.5 cm³/mol. The zero-order valence-electron chi connectivity index (χ0n) is 10.2. The van der Waals surface area contributed by atoms with Crippen LogP contribution < -0.4 is 11.1 Å². The monoisotopic (exact) mass is 302 g/mol. The molecule has 0 bridgehead atoms. The molecule has 0 aliphatic carbocycles. The highest BCUT2D eigenvalue weighted by atomic mass is 32.2. The predicted octanol–water partition coefficient (Wildman–Crippen LogP) is 1.31. The van der Waals surface area contributed by atoms with Crippen LogP contribution >= 0.6 is 12.2 Å². The van der Waals surface area contributed by atoms with Crippen molar-refractivity contribution in [2.75, 3.05) is 23.4 Å². The number of nitrogens with two attached hydrogens (primary N) is 1. The van der Waals surface area contributed by atoms with E-state index in [4.69, 9.17) is 18.0 Å². The Hall–Kier alpha value is -1.21. The number of thiocarbonyl (C=S) groups is 1. The molecule has 7 heteroatoms. The maximum Gasteiger partial charge on any atom is 0.150 e. The summed E-state index contributed by atoms with van der Waals surface area (Å²) in [5.74, 6) is 0.0570. The average Bonchev–Trinajstić information content (AvgIpc) is 2.66. The van der Waals surface area contributed by atoms with Gasteiger partial charge in [0.05, 0.1) is 11.5 Å². The molecule has 4 nitrogen and oxygen atoms in total. The summed E-state index contributed by atoms with van der Waals surface area (Å²) in [5.41, 5.74) is 6.18. The molecule has 1 saturated heterocycles. The molecule has 3 N–H and O–H groups in total. The van der Waals surface area contributed by atoms with Gasteiger partial charge in [-0.2, -0.15) is 0 Å². The van der Waals surface area contributed by atoms with Gasteiger partial charge in [-0.15, -0.1) is 0 Å². The molecule has 0 aromatic heterocycles. The van der Waals surface area contributed by atoms with Gasteiger partial charge in [0, 0.05) is 17.8 Å². The van der Waals surface area contributed by atoms with Crippen molar-refractivity contribution in [3.8, 4) is 0 Å². The summed E-state index contributed by atoms with van der Waals surface area (Å²) in [5, 5.41) is 3.04. The van der Waals surface area contributed by atoms with Crippen LogP contribution in [-0.2, 0) is 9.84 Å². The van der Waals surface area contributed by atoms with Gasteiger partial charge in [-0.05, 0) is 30.5 Å². The molecular weight excluding hydrogens is 287 g/mol. The average molecular weight is 302 g/mol. The van der Waals surface area contributed by atoms with Gasteiger partial charge in [0.25, 0.3) is 0 Å². The van der Waals surface area contributed by atoms with Crippen molar-refractivity contribution in [2.45, 2.75) is 6.42 Å². The number of nitrogens with one attached hydrogen (secondary N) is 1. The number of anilines is 1. The molecular formula is C12H15FN2O2S2. The molecule has 1 aromatic carbocycles. The molecule has 0 radical (unpaired) electrons. The van der Waals surface area contributed by atoms with Crippen molar-refractivity contribution in [3.05, 3.63) is 29.6 Å². The maximum atomic E-state index is 13.6.